The van der Waals surface area contributed by atoms with E-state index >= 15 is 0 Å². The predicted octanol–water partition coefficient (Wildman–Crippen LogP) is 35.6. The number of benzene rings is 16. The summed E-state index contributed by atoms with van der Waals surface area (Å²) in [4.78, 5) is 0. The lowest BCUT2D eigenvalue weighted by Crippen LogP contribution is -1.75. The highest BCUT2D eigenvalue weighted by molar-refractivity contribution is 6.09. The monoisotopic (exact) mass is 1410 g/mol. The van der Waals surface area contributed by atoms with Crippen LogP contribution in [0.25, 0.3) is 86.2 Å². The number of rotatable bonds is 0. The lowest BCUT2D eigenvalue weighted by Gasteiger charge is -2.02. The zero-order chi connectivity index (χ0) is 80.2. The van der Waals surface area contributed by atoms with Gasteiger partial charge in [-0.1, -0.05) is 553 Å². The summed E-state index contributed by atoms with van der Waals surface area (Å²) in [5, 5.41) is 21.1. The van der Waals surface area contributed by atoms with Gasteiger partial charge in [0.1, 0.15) is 0 Å². The molecular weight excluding hydrogens is 1270 g/mol. The van der Waals surface area contributed by atoms with Crippen molar-refractivity contribution in [3.8, 4) is 0 Å². The molecule has 0 aromatic heterocycles. The number of hydrogen-bond donors (Lipinski definition) is 0. The van der Waals surface area contributed by atoms with Gasteiger partial charge >= 0.3 is 0 Å². The Labute approximate surface area is 649 Å². The van der Waals surface area contributed by atoms with Gasteiger partial charge in [0.15, 0.2) is 0 Å². The Kier molecular flexibility index (Phi) is 71.5. The molecule has 0 bridgehead atoms. The van der Waals surface area contributed by atoms with Crippen molar-refractivity contribution in [1.29, 1.82) is 0 Å². The molecule has 0 nitrogen and oxygen atoms in total. The Bertz CT molecular complexity index is 3780. The van der Waals surface area contributed by atoms with E-state index in [1.807, 2.05) is 239 Å². The summed E-state index contributed by atoms with van der Waals surface area (Å²) < 4.78 is 0. The van der Waals surface area contributed by atoms with E-state index < -0.39 is 0 Å². The molecule has 0 unspecified atom stereocenters. The first-order chi connectivity index (χ1) is 52.6. The van der Waals surface area contributed by atoms with Crippen LogP contribution >= 0.6 is 0 Å². The van der Waals surface area contributed by atoms with Crippen molar-refractivity contribution in [2.75, 3.05) is 0 Å². The van der Waals surface area contributed by atoms with E-state index in [0.29, 0.717) is 0 Å². The molecule has 0 fully saturated rings. The zero-order valence-electron chi connectivity index (χ0n) is 70.8. The normalized spacial score (nSPS) is 8.47. The van der Waals surface area contributed by atoms with Gasteiger partial charge in [-0.05, 0) is 100 Å². The van der Waals surface area contributed by atoms with Gasteiger partial charge < -0.3 is 0 Å². The van der Waals surface area contributed by atoms with Crippen LogP contribution in [0.5, 0.6) is 0 Å². The van der Waals surface area contributed by atoms with Crippen molar-refractivity contribution in [3.05, 3.63) is 387 Å². The molecule has 16 aromatic rings. The lowest BCUT2D eigenvalue weighted by molar-refractivity contribution is 1.48. The number of hydrogen-bond acceptors (Lipinski definition) is 0. The van der Waals surface area contributed by atoms with E-state index in [4.69, 9.17) is 0 Å². The van der Waals surface area contributed by atoms with Gasteiger partial charge in [0.05, 0.1) is 0 Å². The summed E-state index contributed by atoms with van der Waals surface area (Å²) in [6.45, 7) is 52.2. The maximum Gasteiger partial charge on any atom is -0.0105 e. The molecule has 16 aromatic carbocycles. The zero-order valence-corrected chi connectivity index (χ0v) is 70.8. The third-order valence-corrected chi connectivity index (χ3v) is 13.8. The standard InChI is InChI=1S/3C14H10.2C10H8.2C7H8.C6H6.12C2H6/c3*1-3-7-13-11(5-1)9-10-12-6-2-4-8-14(12)13;2*1-2-6-10-8-4-3-7-9(10)5-1;2*1-7-5-3-2-4-6-7;1-2-4-6-5-3-1;12*1-2/h3*1-10H;2*1-8H;2*2-6H,1H3;1-6H;12*1-2H3. The fourth-order valence-electron chi connectivity index (χ4n) is 9.58. The summed E-state index contributed by atoms with van der Waals surface area (Å²) in [6, 6.07) is 130. The molecule has 0 aliphatic rings. The number of aryl methyl sites for hydroxylation is 2. The van der Waals surface area contributed by atoms with E-state index in [1.54, 1.807) is 0 Å². The first kappa shape index (κ1) is 102. The van der Waals surface area contributed by atoms with Crippen molar-refractivity contribution >= 4 is 86.2 Å². The van der Waals surface area contributed by atoms with Crippen LogP contribution in [0.1, 0.15) is 177 Å². The third-order valence-electron chi connectivity index (χ3n) is 13.8. The van der Waals surface area contributed by atoms with E-state index in [9.17, 15) is 0 Å². The van der Waals surface area contributed by atoms with E-state index in [0.717, 1.165) is 0 Å². The van der Waals surface area contributed by atoms with Crippen molar-refractivity contribution in [1.82, 2.24) is 0 Å². The van der Waals surface area contributed by atoms with Gasteiger partial charge in [-0.25, -0.2) is 0 Å². The highest BCUT2D eigenvalue weighted by Crippen LogP contribution is 2.27. The van der Waals surface area contributed by atoms with Gasteiger partial charge in [-0.15, -0.1) is 0 Å². The molecule has 0 atom stereocenters. The number of fused-ring (bicyclic) bond motifs is 11. The second-order valence-electron chi connectivity index (χ2n) is 19.7. The second kappa shape index (κ2) is 74.3. The van der Waals surface area contributed by atoms with Crippen molar-refractivity contribution in [2.24, 2.45) is 0 Å². The summed E-state index contributed by atoms with van der Waals surface area (Å²) in [5.74, 6) is 0. The topological polar surface area (TPSA) is 0 Å². The van der Waals surface area contributed by atoms with E-state index in [1.165, 1.54) is 97.3 Å². The Hall–Kier alpha value is -10.4. The molecule has 0 aliphatic heterocycles. The maximum absolute atomic E-state index is 2.18. The maximum atomic E-state index is 2.18. The lowest BCUT2D eigenvalue weighted by atomic mass is 10.0. The molecule has 0 radical (unpaired) electrons. The smallest absolute Gasteiger partial charge is 0.0105 e. The molecule has 16 rings (SSSR count). The van der Waals surface area contributed by atoms with Crippen LogP contribution in [0.4, 0.5) is 0 Å². The molecule has 106 heavy (non-hydrogen) atoms. The van der Waals surface area contributed by atoms with Crippen LogP contribution in [0.2, 0.25) is 0 Å². The first-order valence-corrected chi connectivity index (χ1v) is 40.1. The molecule has 0 heteroatoms. The average molecular weight is 1410 g/mol. The van der Waals surface area contributed by atoms with Crippen molar-refractivity contribution in [3.63, 3.8) is 0 Å². The van der Waals surface area contributed by atoms with Crippen LogP contribution in [-0.2, 0) is 0 Å². The SMILES string of the molecule is CC.CC.CC.CC.CC.CC.CC.CC.CC.CC.CC.CC.Cc1ccccc1.Cc1ccccc1.c1ccc2c(c1)ccc1ccccc12.c1ccc2c(c1)ccc1ccccc12.c1ccc2c(c1)ccc1ccccc12.c1ccc2ccccc2c1.c1ccc2ccccc2c1.c1ccccc1. The molecular formula is C106H140. The quantitative estimate of drug-likeness (QED) is 0.133. The van der Waals surface area contributed by atoms with Gasteiger partial charge in [0, 0.05) is 0 Å². The molecule has 0 aliphatic carbocycles. The first-order valence-electron chi connectivity index (χ1n) is 40.1. The molecule has 0 saturated carbocycles. The van der Waals surface area contributed by atoms with Gasteiger partial charge in [0.2, 0.25) is 0 Å². The highest BCUT2D eigenvalue weighted by Gasteiger charge is 2.00. The largest absolute Gasteiger partial charge is 0.0683 e. The van der Waals surface area contributed by atoms with Gasteiger partial charge in [-0.3, -0.25) is 0 Å². The summed E-state index contributed by atoms with van der Waals surface area (Å²) in [6.07, 6.45) is 0. The second-order valence-corrected chi connectivity index (χ2v) is 19.7. The molecule has 0 spiro atoms. The van der Waals surface area contributed by atoms with Crippen molar-refractivity contribution in [2.45, 2.75) is 180 Å². The fourth-order valence-corrected chi connectivity index (χ4v) is 9.58. The average Bonchev–Trinajstić information content (AvgIpc) is 0.814. The van der Waals surface area contributed by atoms with Gasteiger partial charge in [0.25, 0.3) is 0 Å². The minimum absolute atomic E-state index is 1.31. The van der Waals surface area contributed by atoms with Crippen LogP contribution in [0.3, 0.4) is 0 Å². The van der Waals surface area contributed by atoms with Crippen LogP contribution in [-0.4, -0.2) is 0 Å². The Balaban J connectivity index is -0.000000545. The summed E-state index contributed by atoms with van der Waals surface area (Å²) in [5.41, 5.74) is 2.64. The van der Waals surface area contributed by atoms with Gasteiger partial charge in [-0.2, -0.15) is 0 Å². The Morgan fingerprint density at radius 1 is 0.0943 bits per heavy atom. The van der Waals surface area contributed by atoms with E-state index in [2.05, 4.69) is 317 Å². The predicted molar refractivity (Wildman–Crippen MR) is 497 cm³/mol. The van der Waals surface area contributed by atoms with Crippen LogP contribution < -0.4 is 0 Å². The molecule has 0 amide bonds. The Morgan fingerprint density at radius 2 is 0.189 bits per heavy atom. The summed E-state index contributed by atoms with van der Waals surface area (Å²) in [7, 11) is 0. The highest BCUT2D eigenvalue weighted by atomic mass is 14.0. The fraction of sp³-hybridized carbons (Fsp3) is 0.245. The van der Waals surface area contributed by atoms with E-state index in [-0.39, 0.29) is 0 Å². The van der Waals surface area contributed by atoms with Crippen LogP contribution in [0, 0.1) is 13.8 Å². The molecule has 564 valence electrons. The van der Waals surface area contributed by atoms with Crippen molar-refractivity contribution < 1.29 is 0 Å². The molecule has 0 saturated heterocycles. The molecule has 0 heterocycles. The minimum Gasteiger partial charge on any atom is -0.0683 e. The third kappa shape index (κ3) is 40.6. The van der Waals surface area contributed by atoms with Crippen LogP contribution in [0.15, 0.2) is 376 Å². The minimum atomic E-state index is 1.31. The Morgan fingerprint density at radius 3 is 0.302 bits per heavy atom. The molecule has 0 N–H and O–H groups in total. The summed E-state index contributed by atoms with van der Waals surface area (Å²) >= 11 is 0.